The molecule has 1 rings (SSSR count). The molecule has 102 valence electrons. The first-order valence-electron chi connectivity index (χ1n) is 7.41. The third-order valence-electron chi connectivity index (χ3n) is 3.39. The first kappa shape index (κ1) is 15.0. The summed E-state index contributed by atoms with van der Waals surface area (Å²) < 4.78 is 0. The van der Waals surface area contributed by atoms with Crippen LogP contribution in [0.15, 0.2) is 0 Å². The average molecular weight is 240 g/mol. The molecule has 0 saturated heterocycles. The van der Waals surface area contributed by atoms with E-state index in [1.54, 1.807) is 0 Å². The minimum Gasteiger partial charge on any atom is -0.312 e. The quantitative estimate of drug-likeness (QED) is 0.700. The Morgan fingerprint density at radius 3 is 2.41 bits per heavy atom. The van der Waals surface area contributed by atoms with Gasteiger partial charge in [-0.05, 0) is 59.0 Å². The molecule has 0 spiro atoms. The second-order valence-corrected chi connectivity index (χ2v) is 6.82. The number of rotatable bonds is 8. The highest BCUT2D eigenvalue weighted by molar-refractivity contribution is 4.85. The molecule has 1 fully saturated rings. The summed E-state index contributed by atoms with van der Waals surface area (Å²) in [4.78, 5) is 2.72. The van der Waals surface area contributed by atoms with Crippen molar-refractivity contribution in [2.24, 2.45) is 5.92 Å². The molecule has 17 heavy (non-hydrogen) atoms. The van der Waals surface area contributed by atoms with Crippen LogP contribution in [0.3, 0.4) is 0 Å². The van der Waals surface area contributed by atoms with Crippen LogP contribution >= 0.6 is 0 Å². The van der Waals surface area contributed by atoms with Gasteiger partial charge in [0.2, 0.25) is 0 Å². The van der Waals surface area contributed by atoms with Crippen LogP contribution in [-0.4, -0.2) is 36.1 Å². The number of hydrogen-bond acceptors (Lipinski definition) is 2. The van der Waals surface area contributed by atoms with Crippen LogP contribution in [0.25, 0.3) is 0 Å². The molecule has 2 nitrogen and oxygen atoms in total. The molecule has 1 N–H and O–H groups in total. The fourth-order valence-corrected chi connectivity index (χ4v) is 2.17. The Balaban J connectivity index is 2.23. The molecular formula is C15H32N2. The molecule has 1 aliphatic rings. The van der Waals surface area contributed by atoms with Crippen LogP contribution in [-0.2, 0) is 0 Å². The zero-order valence-corrected chi connectivity index (χ0v) is 12.6. The van der Waals surface area contributed by atoms with Gasteiger partial charge >= 0.3 is 0 Å². The van der Waals surface area contributed by atoms with E-state index in [1.165, 1.54) is 38.8 Å². The van der Waals surface area contributed by atoms with Gasteiger partial charge in [-0.3, -0.25) is 0 Å². The molecular weight excluding hydrogens is 208 g/mol. The third kappa shape index (κ3) is 7.05. The van der Waals surface area contributed by atoms with Crippen LogP contribution in [0.4, 0.5) is 0 Å². The third-order valence-corrected chi connectivity index (χ3v) is 3.39. The Morgan fingerprint density at radius 1 is 1.29 bits per heavy atom. The maximum atomic E-state index is 3.62. The molecule has 0 aromatic carbocycles. The Kier molecular flexibility index (Phi) is 5.94. The maximum absolute atomic E-state index is 3.62. The van der Waals surface area contributed by atoms with Crippen molar-refractivity contribution >= 4 is 0 Å². The van der Waals surface area contributed by atoms with Gasteiger partial charge in [-0.2, -0.15) is 0 Å². The van der Waals surface area contributed by atoms with E-state index in [9.17, 15) is 0 Å². The van der Waals surface area contributed by atoms with Crippen molar-refractivity contribution in [1.29, 1.82) is 0 Å². The highest BCUT2D eigenvalue weighted by atomic mass is 15.2. The molecule has 0 aliphatic heterocycles. The maximum Gasteiger partial charge on any atom is 0.00966 e. The first-order chi connectivity index (χ1) is 7.92. The lowest BCUT2D eigenvalue weighted by atomic mass is 10.1. The van der Waals surface area contributed by atoms with E-state index < -0.39 is 0 Å². The minimum absolute atomic E-state index is 0.252. The molecule has 0 aromatic rings. The van der Waals surface area contributed by atoms with Gasteiger partial charge in [-0.25, -0.2) is 0 Å². The minimum atomic E-state index is 0.252. The van der Waals surface area contributed by atoms with Crippen LogP contribution in [0.1, 0.15) is 60.3 Å². The van der Waals surface area contributed by atoms with Crippen LogP contribution in [0.2, 0.25) is 0 Å². The molecule has 0 bridgehead atoms. The Labute approximate surface area is 108 Å². The smallest absolute Gasteiger partial charge is 0.00966 e. The monoisotopic (exact) mass is 240 g/mol. The number of nitrogens with one attached hydrogen (secondary N) is 1. The highest BCUT2D eigenvalue weighted by Crippen LogP contribution is 2.27. The van der Waals surface area contributed by atoms with Crippen molar-refractivity contribution in [3.63, 3.8) is 0 Å². The second kappa shape index (κ2) is 6.75. The SMILES string of the molecule is CCCCN(CC(C)CNC(C)(C)C)C1CC1. The lowest BCUT2D eigenvalue weighted by Crippen LogP contribution is -2.42. The molecule has 1 saturated carbocycles. The lowest BCUT2D eigenvalue weighted by molar-refractivity contribution is 0.216. The predicted molar refractivity (Wildman–Crippen MR) is 76.4 cm³/mol. The number of nitrogens with zero attached hydrogens (tertiary/aromatic N) is 1. The van der Waals surface area contributed by atoms with Crippen LogP contribution in [0, 0.1) is 5.92 Å². The van der Waals surface area contributed by atoms with Crippen molar-refractivity contribution in [1.82, 2.24) is 10.2 Å². The standard InChI is InChI=1S/C15H32N2/c1-6-7-10-17(14-8-9-14)12-13(2)11-16-15(3,4)5/h13-14,16H,6-12H2,1-5H3. The fourth-order valence-electron chi connectivity index (χ4n) is 2.17. The topological polar surface area (TPSA) is 15.3 Å². The Hall–Kier alpha value is -0.0800. The molecule has 1 aliphatic carbocycles. The van der Waals surface area contributed by atoms with Gasteiger partial charge in [-0.1, -0.05) is 20.3 Å². The van der Waals surface area contributed by atoms with Gasteiger partial charge < -0.3 is 10.2 Å². The van der Waals surface area contributed by atoms with Gasteiger partial charge in [0.25, 0.3) is 0 Å². The van der Waals surface area contributed by atoms with Gasteiger partial charge in [0.05, 0.1) is 0 Å². The highest BCUT2D eigenvalue weighted by Gasteiger charge is 2.29. The Bertz CT molecular complexity index is 203. The van der Waals surface area contributed by atoms with Crippen LogP contribution in [0.5, 0.6) is 0 Å². The summed E-state index contributed by atoms with van der Waals surface area (Å²) in [7, 11) is 0. The predicted octanol–water partition coefficient (Wildman–Crippen LogP) is 3.28. The number of hydrogen-bond donors (Lipinski definition) is 1. The van der Waals surface area contributed by atoms with Gasteiger partial charge in [-0.15, -0.1) is 0 Å². The molecule has 1 unspecified atom stereocenters. The van der Waals surface area contributed by atoms with E-state index in [2.05, 4.69) is 44.8 Å². The van der Waals surface area contributed by atoms with Crippen molar-refractivity contribution in [3.8, 4) is 0 Å². The normalized spacial score (nSPS) is 18.7. The molecule has 0 aromatic heterocycles. The van der Waals surface area contributed by atoms with E-state index in [0.29, 0.717) is 0 Å². The largest absolute Gasteiger partial charge is 0.312 e. The fraction of sp³-hybridized carbons (Fsp3) is 1.00. The van der Waals surface area contributed by atoms with Crippen molar-refractivity contribution in [2.75, 3.05) is 19.6 Å². The van der Waals surface area contributed by atoms with Gasteiger partial charge in [0.15, 0.2) is 0 Å². The van der Waals surface area contributed by atoms with Gasteiger partial charge in [0.1, 0.15) is 0 Å². The summed E-state index contributed by atoms with van der Waals surface area (Å²) in [6, 6.07) is 0.915. The van der Waals surface area contributed by atoms with Gasteiger partial charge in [0, 0.05) is 18.1 Å². The van der Waals surface area contributed by atoms with E-state index in [-0.39, 0.29) is 5.54 Å². The number of unbranched alkanes of at least 4 members (excludes halogenated alkanes) is 1. The van der Waals surface area contributed by atoms with E-state index in [0.717, 1.165) is 18.5 Å². The average Bonchev–Trinajstić information content (AvgIpc) is 3.04. The summed E-state index contributed by atoms with van der Waals surface area (Å²) in [6.07, 6.45) is 5.54. The van der Waals surface area contributed by atoms with Crippen molar-refractivity contribution in [3.05, 3.63) is 0 Å². The van der Waals surface area contributed by atoms with Crippen LogP contribution < -0.4 is 5.32 Å². The van der Waals surface area contributed by atoms with Crippen molar-refractivity contribution in [2.45, 2.75) is 71.9 Å². The zero-order chi connectivity index (χ0) is 12.9. The van der Waals surface area contributed by atoms with E-state index >= 15 is 0 Å². The molecule has 2 heteroatoms. The summed E-state index contributed by atoms with van der Waals surface area (Å²) >= 11 is 0. The van der Waals surface area contributed by atoms with E-state index in [4.69, 9.17) is 0 Å². The van der Waals surface area contributed by atoms with Crippen molar-refractivity contribution < 1.29 is 0 Å². The summed E-state index contributed by atoms with van der Waals surface area (Å²) in [6.45, 7) is 15.1. The second-order valence-electron chi connectivity index (χ2n) is 6.82. The summed E-state index contributed by atoms with van der Waals surface area (Å²) in [5, 5.41) is 3.62. The molecule has 0 heterocycles. The van der Waals surface area contributed by atoms with E-state index in [1.807, 2.05) is 0 Å². The lowest BCUT2D eigenvalue weighted by Gasteiger charge is -2.28. The Morgan fingerprint density at radius 2 is 1.94 bits per heavy atom. The first-order valence-corrected chi connectivity index (χ1v) is 7.41. The summed E-state index contributed by atoms with van der Waals surface area (Å²) in [5.74, 6) is 0.756. The summed E-state index contributed by atoms with van der Waals surface area (Å²) in [5.41, 5.74) is 0.252. The molecule has 0 amide bonds. The molecule has 1 atom stereocenters. The molecule has 0 radical (unpaired) electrons. The zero-order valence-electron chi connectivity index (χ0n) is 12.6.